The Morgan fingerprint density at radius 1 is 1.24 bits per heavy atom. The number of esters is 1. The fraction of sp³-hybridized carbons (Fsp3) is 0.429. The minimum absolute atomic E-state index is 0.0111. The van der Waals surface area contributed by atoms with Gasteiger partial charge in [0.15, 0.2) is 0 Å². The maximum Gasteiger partial charge on any atom is 0.316 e. The van der Waals surface area contributed by atoms with Crippen LogP contribution in [0, 0.1) is 5.92 Å². The van der Waals surface area contributed by atoms with Crippen LogP contribution in [0.25, 0.3) is 0 Å². The van der Waals surface area contributed by atoms with Crippen molar-refractivity contribution in [3.63, 3.8) is 0 Å². The van der Waals surface area contributed by atoms with Gasteiger partial charge in [0.05, 0.1) is 7.11 Å². The van der Waals surface area contributed by atoms with Gasteiger partial charge in [-0.2, -0.15) is 0 Å². The molecule has 0 radical (unpaired) electrons. The second-order valence-corrected chi connectivity index (χ2v) is 4.43. The van der Waals surface area contributed by atoms with Gasteiger partial charge in [-0.3, -0.25) is 9.59 Å². The Morgan fingerprint density at radius 3 is 2.53 bits per heavy atom. The maximum absolute atomic E-state index is 11.9. The molecule has 2 rings (SSSR count). The first kappa shape index (κ1) is 11.8. The lowest BCUT2D eigenvalue weighted by atomic mass is 9.78. The zero-order valence-electron chi connectivity index (χ0n) is 9.89. The van der Waals surface area contributed by atoms with Crippen LogP contribution < -0.4 is 0 Å². The second kappa shape index (κ2) is 5.13. The Labute approximate surface area is 101 Å². The zero-order chi connectivity index (χ0) is 12.3. The first-order valence-corrected chi connectivity index (χ1v) is 5.88. The molecule has 0 heterocycles. The predicted octanol–water partition coefficient (Wildman–Crippen LogP) is 2.31. The molecule has 0 aromatic heterocycles. The topological polar surface area (TPSA) is 43.4 Å². The van der Waals surface area contributed by atoms with Crippen molar-refractivity contribution < 1.29 is 14.3 Å². The van der Waals surface area contributed by atoms with Gasteiger partial charge in [0.2, 0.25) is 0 Å². The fourth-order valence-electron chi connectivity index (χ4n) is 2.42. The third-order valence-corrected chi connectivity index (χ3v) is 3.40. The van der Waals surface area contributed by atoms with Gasteiger partial charge in [-0.05, 0) is 24.3 Å². The van der Waals surface area contributed by atoms with Gasteiger partial charge >= 0.3 is 5.97 Å². The number of hydrogen-bond acceptors (Lipinski definition) is 3. The lowest BCUT2D eigenvalue weighted by Crippen LogP contribution is -2.31. The highest BCUT2D eigenvalue weighted by Gasteiger charge is 2.34. The normalized spacial score (nSPS) is 24.4. The van der Waals surface area contributed by atoms with E-state index in [4.69, 9.17) is 0 Å². The molecule has 0 amide bonds. The highest BCUT2D eigenvalue weighted by molar-refractivity contribution is 5.99. The number of rotatable bonds is 2. The van der Waals surface area contributed by atoms with Crippen LogP contribution in [0.4, 0.5) is 0 Å². The smallest absolute Gasteiger partial charge is 0.316 e. The van der Waals surface area contributed by atoms with Gasteiger partial charge in [-0.25, -0.2) is 0 Å². The van der Waals surface area contributed by atoms with Crippen LogP contribution in [-0.2, 0) is 14.3 Å². The minimum atomic E-state index is -0.542. The molecule has 17 heavy (non-hydrogen) atoms. The average Bonchev–Trinajstić information content (AvgIpc) is 2.39. The molecule has 1 fully saturated rings. The monoisotopic (exact) mass is 232 g/mol. The van der Waals surface area contributed by atoms with Gasteiger partial charge < -0.3 is 4.74 Å². The van der Waals surface area contributed by atoms with Crippen LogP contribution >= 0.6 is 0 Å². The van der Waals surface area contributed by atoms with Gasteiger partial charge in [0.25, 0.3) is 0 Å². The third kappa shape index (κ3) is 2.54. The van der Waals surface area contributed by atoms with E-state index in [2.05, 4.69) is 4.74 Å². The van der Waals surface area contributed by atoms with E-state index in [1.54, 1.807) is 0 Å². The zero-order valence-corrected chi connectivity index (χ0v) is 9.89. The Bertz CT molecular complexity index is 411. The second-order valence-electron chi connectivity index (χ2n) is 4.43. The number of ether oxygens (including phenoxy) is 1. The van der Waals surface area contributed by atoms with Crippen LogP contribution in [0.15, 0.2) is 30.3 Å². The summed E-state index contributed by atoms with van der Waals surface area (Å²) in [4.78, 5) is 23.3. The van der Waals surface area contributed by atoms with Crippen LogP contribution in [-0.4, -0.2) is 18.9 Å². The molecular weight excluding hydrogens is 216 g/mol. The van der Waals surface area contributed by atoms with E-state index in [1.165, 1.54) is 12.7 Å². The molecule has 1 aliphatic rings. The van der Waals surface area contributed by atoms with E-state index in [1.807, 2.05) is 30.3 Å². The standard InChI is InChI=1S/C14H16O3/c1-17-14(16)12-8-7-11(9-13(12)15)10-5-3-2-4-6-10/h2-6,11-12H,7-9H2,1H3. The molecule has 0 bridgehead atoms. The minimum Gasteiger partial charge on any atom is -0.468 e. The Balaban J connectivity index is 2.05. The molecule has 1 aromatic rings. The number of carbonyl (C=O) groups excluding carboxylic acids is 2. The molecule has 1 aliphatic carbocycles. The van der Waals surface area contributed by atoms with Crippen molar-refractivity contribution in [2.45, 2.75) is 25.2 Å². The summed E-state index contributed by atoms with van der Waals surface area (Å²) in [5.41, 5.74) is 1.18. The summed E-state index contributed by atoms with van der Waals surface area (Å²) in [5.74, 6) is -0.664. The van der Waals surface area contributed by atoms with Crippen molar-refractivity contribution in [1.29, 1.82) is 0 Å². The molecule has 3 heteroatoms. The molecule has 1 saturated carbocycles. The summed E-state index contributed by atoms with van der Waals surface area (Å²) in [7, 11) is 1.33. The summed E-state index contributed by atoms with van der Waals surface area (Å²) in [6, 6.07) is 10.00. The Hall–Kier alpha value is -1.64. The lowest BCUT2D eigenvalue weighted by Gasteiger charge is -2.26. The number of Topliss-reactive ketones (excluding diaryl/α,β-unsaturated/α-hetero) is 1. The number of ketones is 1. The molecule has 3 nitrogen and oxygen atoms in total. The number of hydrogen-bond donors (Lipinski definition) is 0. The Kier molecular flexibility index (Phi) is 3.57. The number of carbonyl (C=O) groups is 2. The molecule has 0 N–H and O–H groups in total. The van der Waals surface area contributed by atoms with Crippen LogP contribution in [0.2, 0.25) is 0 Å². The highest BCUT2D eigenvalue weighted by atomic mass is 16.5. The SMILES string of the molecule is COC(=O)C1CCC(c2ccccc2)CC1=O. The van der Waals surface area contributed by atoms with E-state index in [0.717, 1.165) is 6.42 Å². The van der Waals surface area contributed by atoms with Crippen molar-refractivity contribution >= 4 is 11.8 Å². The molecule has 0 aliphatic heterocycles. The number of methoxy groups -OCH3 is 1. The fourth-order valence-corrected chi connectivity index (χ4v) is 2.42. The molecule has 2 unspecified atom stereocenters. The van der Waals surface area contributed by atoms with E-state index in [-0.39, 0.29) is 17.7 Å². The lowest BCUT2D eigenvalue weighted by molar-refractivity contribution is -0.150. The summed E-state index contributed by atoms with van der Waals surface area (Å²) in [6.07, 6.45) is 1.92. The molecular formula is C14H16O3. The summed E-state index contributed by atoms with van der Waals surface area (Å²) in [6.45, 7) is 0. The van der Waals surface area contributed by atoms with Crippen LogP contribution in [0.5, 0.6) is 0 Å². The maximum atomic E-state index is 11.9. The quantitative estimate of drug-likeness (QED) is 0.580. The molecule has 0 saturated heterocycles. The Morgan fingerprint density at radius 2 is 1.94 bits per heavy atom. The predicted molar refractivity (Wildman–Crippen MR) is 63.5 cm³/mol. The van der Waals surface area contributed by atoms with E-state index in [9.17, 15) is 9.59 Å². The van der Waals surface area contributed by atoms with Gasteiger partial charge in [0, 0.05) is 6.42 Å². The first-order valence-electron chi connectivity index (χ1n) is 5.88. The summed E-state index contributed by atoms with van der Waals surface area (Å²) < 4.78 is 4.64. The molecule has 2 atom stereocenters. The summed E-state index contributed by atoms with van der Waals surface area (Å²) in [5, 5.41) is 0. The molecule has 90 valence electrons. The first-order chi connectivity index (χ1) is 8.22. The molecule has 1 aromatic carbocycles. The van der Waals surface area contributed by atoms with Crippen LogP contribution in [0.3, 0.4) is 0 Å². The average molecular weight is 232 g/mol. The third-order valence-electron chi connectivity index (χ3n) is 3.40. The largest absolute Gasteiger partial charge is 0.468 e. The van der Waals surface area contributed by atoms with Crippen molar-refractivity contribution in [3.05, 3.63) is 35.9 Å². The van der Waals surface area contributed by atoms with Crippen LogP contribution in [0.1, 0.15) is 30.7 Å². The van der Waals surface area contributed by atoms with Crippen molar-refractivity contribution in [2.24, 2.45) is 5.92 Å². The molecule has 0 spiro atoms. The van der Waals surface area contributed by atoms with Gasteiger partial charge in [0.1, 0.15) is 11.7 Å². The van der Waals surface area contributed by atoms with Crippen molar-refractivity contribution in [2.75, 3.05) is 7.11 Å². The van der Waals surface area contributed by atoms with Crippen molar-refractivity contribution in [3.8, 4) is 0 Å². The van der Waals surface area contributed by atoms with E-state index >= 15 is 0 Å². The van der Waals surface area contributed by atoms with Crippen molar-refractivity contribution in [1.82, 2.24) is 0 Å². The van der Waals surface area contributed by atoms with Gasteiger partial charge in [-0.1, -0.05) is 30.3 Å². The van der Waals surface area contributed by atoms with Gasteiger partial charge in [-0.15, -0.1) is 0 Å². The summed E-state index contributed by atoms with van der Waals surface area (Å²) >= 11 is 0. The van der Waals surface area contributed by atoms with E-state index in [0.29, 0.717) is 12.8 Å². The number of benzene rings is 1. The van der Waals surface area contributed by atoms with E-state index < -0.39 is 5.92 Å². The highest BCUT2D eigenvalue weighted by Crippen LogP contribution is 2.33.